The molecular weight excluding hydrogens is 417 g/mol. The lowest BCUT2D eigenvalue weighted by atomic mass is 10.0. The molecule has 0 aliphatic carbocycles. The molecule has 31 heavy (non-hydrogen) atoms. The van der Waals surface area contributed by atoms with Gasteiger partial charge >= 0.3 is 0 Å². The third kappa shape index (κ3) is 5.27. The molecule has 1 heterocycles. The van der Waals surface area contributed by atoms with Crippen LogP contribution in [0.25, 0.3) is 11.3 Å². The summed E-state index contributed by atoms with van der Waals surface area (Å²) in [5.74, 6) is -1.15. The van der Waals surface area contributed by atoms with E-state index >= 15 is 0 Å². The average Bonchev–Trinajstić information content (AvgIpc) is 3.11. The lowest BCUT2D eigenvalue weighted by Crippen LogP contribution is -2.47. The van der Waals surface area contributed by atoms with Crippen molar-refractivity contribution in [3.8, 4) is 17.0 Å². The van der Waals surface area contributed by atoms with Gasteiger partial charge in [0.15, 0.2) is 5.13 Å². The van der Waals surface area contributed by atoms with Crippen molar-refractivity contribution in [2.45, 2.75) is 26.8 Å². The predicted molar refractivity (Wildman–Crippen MR) is 120 cm³/mol. The number of rotatable bonds is 7. The summed E-state index contributed by atoms with van der Waals surface area (Å²) in [4.78, 5) is 30.8. The molecule has 0 aliphatic heterocycles. The van der Waals surface area contributed by atoms with Crippen molar-refractivity contribution in [1.29, 1.82) is 0 Å². The highest BCUT2D eigenvalue weighted by Gasteiger charge is 2.26. The second-order valence-corrected chi connectivity index (χ2v) is 8.52. The Bertz CT molecular complexity index is 1080. The van der Waals surface area contributed by atoms with E-state index in [-0.39, 0.29) is 11.5 Å². The Balaban J connectivity index is 1.75. The summed E-state index contributed by atoms with van der Waals surface area (Å²) < 4.78 is 19.1. The summed E-state index contributed by atoms with van der Waals surface area (Å²) in [6.45, 7) is 5.54. The van der Waals surface area contributed by atoms with Crippen LogP contribution < -0.4 is 15.4 Å². The molecule has 1 unspecified atom stereocenters. The van der Waals surface area contributed by atoms with Crippen LogP contribution in [0.3, 0.4) is 0 Å². The Morgan fingerprint density at radius 2 is 1.77 bits per heavy atom. The van der Waals surface area contributed by atoms with Gasteiger partial charge in [0.25, 0.3) is 5.91 Å². The zero-order chi connectivity index (χ0) is 22.5. The van der Waals surface area contributed by atoms with Gasteiger partial charge in [-0.3, -0.25) is 9.59 Å². The molecule has 3 rings (SSSR count). The highest BCUT2D eigenvalue weighted by molar-refractivity contribution is 7.16. The van der Waals surface area contributed by atoms with Crippen LogP contribution in [0.2, 0.25) is 0 Å². The largest absolute Gasteiger partial charge is 0.497 e. The number of carbonyl (C=O) groups excluding carboxylic acids is 2. The molecular formula is C23H24FN3O3S. The van der Waals surface area contributed by atoms with Crippen molar-refractivity contribution in [2.75, 3.05) is 12.4 Å². The second-order valence-electron chi connectivity index (χ2n) is 7.32. The van der Waals surface area contributed by atoms with Crippen LogP contribution in [0, 0.1) is 18.7 Å². The van der Waals surface area contributed by atoms with Crippen molar-refractivity contribution >= 4 is 28.3 Å². The predicted octanol–water partition coefficient (Wildman–Crippen LogP) is 4.66. The molecule has 6 nitrogen and oxygen atoms in total. The zero-order valence-corrected chi connectivity index (χ0v) is 18.5. The van der Waals surface area contributed by atoms with E-state index in [9.17, 15) is 14.0 Å². The van der Waals surface area contributed by atoms with Crippen molar-refractivity contribution in [2.24, 2.45) is 5.92 Å². The molecule has 0 bridgehead atoms. The maximum Gasteiger partial charge on any atom is 0.254 e. The molecule has 8 heteroatoms. The Morgan fingerprint density at radius 1 is 1.10 bits per heavy atom. The number of anilines is 1. The van der Waals surface area contributed by atoms with Crippen LogP contribution in [0.4, 0.5) is 9.52 Å². The van der Waals surface area contributed by atoms with E-state index in [2.05, 4.69) is 15.6 Å². The van der Waals surface area contributed by atoms with Gasteiger partial charge in [-0.1, -0.05) is 26.0 Å². The van der Waals surface area contributed by atoms with Crippen LogP contribution in [0.15, 0.2) is 48.5 Å². The number of aryl methyl sites for hydroxylation is 1. The number of benzene rings is 2. The quantitative estimate of drug-likeness (QED) is 0.559. The number of ether oxygens (including phenoxy) is 1. The number of amides is 2. The van der Waals surface area contributed by atoms with Crippen molar-refractivity contribution in [3.63, 3.8) is 0 Å². The van der Waals surface area contributed by atoms with Gasteiger partial charge in [0, 0.05) is 10.4 Å². The van der Waals surface area contributed by atoms with E-state index in [1.807, 2.05) is 45.0 Å². The third-order valence-electron chi connectivity index (χ3n) is 4.74. The Kier molecular flexibility index (Phi) is 7.02. The SMILES string of the molecule is COc1ccc(-c2nc(NC(=O)C(NC(=O)c3ccccc3F)C(C)C)sc2C)cc1. The van der Waals surface area contributed by atoms with Gasteiger partial charge in [0.2, 0.25) is 5.91 Å². The van der Waals surface area contributed by atoms with E-state index < -0.39 is 23.7 Å². The molecule has 0 aliphatic rings. The fourth-order valence-electron chi connectivity index (χ4n) is 3.05. The van der Waals surface area contributed by atoms with Gasteiger partial charge in [0.05, 0.1) is 18.4 Å². The van der Waals surface area contributed by atoms with Gasteiger partial charge < -0.3 is 15.4 Å². The Hall–Kier alpha value is -3.26. The van der Waals surface area contributed by atoms with Crippen molar-refractivity contribution in [3.05, 3.63) is 64.8 Å². The summed E-state index contributed by atoms with van der Waals surface area (Å²) in [6.07, 6.45) is 0. The van der Waals surface area contributed by atoms with E-state index in [0.29, 0.717) is 5.13 Å². The molecule has 1 aromatic heterocycles. The van der Waals surface area contributed by atoms with Gasteiger partial charge in [-0.15, -0.1) is 11.3 Å². The molecule has 2 N–H and O–H groups in total. The smallest absolute Gasteiger partial charge is 0.254 e. The topological polar surface area (TPSA) is 80.3 Å². The molecule has 0 radical (unpaired) electrons. The first-order valence-electron chi connectivity index (χ1n) is 9.78. The molecule has 162 valence electrons. The first kappa shape index (κ1) is 22.4. The summed E-state index contributed by atoms with van der Waals surface area (Å²) in [7, 11) is 1.60. The van der Waals surface area contributed by atoms with Crippen LogP contribution in [-0.2, 0) is 4.79 Å². The van der Waals surface area contributed by atoms with E-state index in [4.69, 9.17) is 4.74 Å². The summed E-state index contributed by atoms with van der Waals surface area (Å²) >= 11 is 1.35. The van der Waals surface area contributed by atoms with Crippen LogP contribution in [-0.4, -0.2) is 29.9 Å². The minimum atomic E-state index is -0.847. The minimum absolute atomic E-state index is 0.104. The first-order chi connectivity index (χ1) is 14.8. The fraction of sp³-hybridized carbons (Fsp3) is 0.261. The summed E-state index contributed by atoms with van der Waals surface area (Å²) in [6, 6.07) is 12.3. The highest BCUT2D eigenvalue weighted by atomic mass is 32.1. The monoisotopic (exact) mass is 441 g/mol. The van der Waals surface area contributed by atoms with Crippen LogP contribution in [0.5, 0.6) is 5.75 Å². The van der Waals surface area contributed by atoms with Crippen LogP contribution >= 0.6 is 11.3 Å². The molecule has 0 spiro atoms. The van der Waals surface area contributed by atoms with Gasteiger partial charge in [-0.25, -0.2) is 9.37 Å². The standard InChI is InChI=1S/C23H24FN3O3S/c1-13(2)19(25-21(28)17-7-5-6-8-18(17)24)22(29)27-23-26-20(14(3)31-23)15-9-11-16(30-4)12-10-15/h5-13,19H,1-4H3,(H,25,28)(H,26,27,29). The number of methoxy groups -OCH3 is 1. The molecule has 0 fully saturated rings. The maximum atomic E-state index is 13.9. The van der Waals surface area contributed by atoms with Crippen molar-refractivity contribution < 1.29 is 18.7 Å². The van der Waals surface area contributed by atoms with Crippen molar-refractivity contribution in [1.82, 2.24) is 10.3 Å². The lowest BCUT2D eigenvalue weighted by Gasteiger charge is -2.21. The molecule has 2 aromatic carbocycles. The number of aromatic nitrogens is 1. The van der Waals surface area contributed by atoms with E-state index in [1.165, 1.54) is 29.5 Å². The number of carbonyl (C=O) groups is 2. The number of nitrogens with one attached hydrogen (secondary N) is 2. The number of thiazole rings is 1. The number of hydrogen-bond acceptors (Lipinski definition) is 5. The third-order valence-corrected chi connectivity index (χ3v) is 5.63. The molecule has 3 aromatic rings. The summed E-state index contributed by atoms with van der Waals surface area (Å²) in [5, 5.41) is 5.84. The Morgan fingerprint density at radius 3 is 2.39 bits per heavy atom. The van der Waals surface area contributed by atoms with E-state index in [1.54, 1.807) is 13.2 Å². The van der Waals surface area contributed by atoms with E-state index in [0.717, 1.165) is 21.9 Å². The molecule has 0 saturated carbocycles. The summed E-state index contributed by atoms with van der Waals surface area (Å²) in [5.41, 5.74) is 1.57. The maximum absolute atomic E-state index is 13.9. The average molecular weight is 442 g/mol. The van der Waals surface area contributed by atoms with Gasteiger partial charge in [-0.2, -0.15) is 0 Å². The van der Waals surface area contributed by atoms with Gasteiger partial charge in [0.1, 0.15) is 17.6 Å². The zero-order valence-electron chi connectivity index (χ0n) is 17.7. The molecule has 1 atom stereocenters. The van der Waals surface area contributed by atoms with Crippen LogP contribution in [0.1, 0.15) is 29.1 Å². The number of hydrogen-bond donors (Lipinski definition) is 2. The minimum Gasteiger partial charge on any atom is -0.497 e. The fourth-order valence-corrected chi connectivity index (χ4v) is 3.89. The normalized spacial score (nSPS) is 11.8. The molecule has 0 saturated heterocycles. The number of nitrogens with zero attached hydrogens (tertiary/aromatic N) is 1. The second kappa shape index (κ2) is 9.70. The lowest BCUT2D eigenvalue weighted by molar-refractivity contribution is -0.118. The molecule has 2 amide bonds. The highest BCUT2D eigenvalue weighted by Crippen LogP contribution is 2.31. The first-order valence-corrected chi connectivity index (χ1v) is 10.6. The number of halogens is 1. The van der Waals surface area contributed by atoms with Gasteiger partial charge in [-0.05, 0) is 49.2 Å². The Labute approximate surface area is 184 Å².